The smallest absolute Gasteiger partial charge is 0.154 e. The van der Waals surface area contributed by atoms with Crippen molar-refractivity contribution < 1.29 is 20.4 Å². The maximum atomic E-state index is 11.1. The lowest BCUT2D eigenvalue weighted by Gasteiger charge is -2.35. The second-order valence-corrected chi connectivity index (χ2v) is 8.87. The number of piperidine rings is 1. The van der Waals surface area contributed by atoms with Gasteiger partial charge in [-0.05, 0) is 29.8 Å². The predicted octanol–water partition coefficient (Wildman–Crippen LogP) is 3.06. The molecule has 4 aromatic rings. The number of likely N-dealkylation sites (tertiary alicyclic amines) is 1. The van der Waals surface area contributed by atoms with Crippen molar-refractivity contribution in [2.45, 2.75) is 25.0 Å². The van der Waals surface area contributed by atoms with Crippen LogP contribution in [0.2, 0.25) is 0 Å². The Kier molecular flexibility index (Phi) is 4.25. The number of fused-ring (bicyclic) bond motifs is 4. The number of hydrogen-bond donors (Lipinski definition) is 4. The molecule has 6 rings (SSSR count). The molecular weight excluding hydrogens is 418 g/mol. The Bertz CT molecular complexity index is 1540. The normalized spacial score (nSPS) is 17.2. The van der Waals surface area contributed by atoms with Gasteiger partial charge in [0, 0.05) is 37.9 Å². The van der Waals surface area contributed by atoms with E-state index in [-0.39, 0.29) is 33.8 Å². The summed E-state index contributed by atoms with van der Waals surface area (Å²) in [5.74, 6) is -0.876. The number of benzene rings is 4. The van der Waals surface area contributed by atoms with Crippen molar-refractivity contribution in [3.63, 3.8) is 0 Å². The summed E-state index contributed by atoms with van der Waals surface area (Å²) in [6, 6.07) is 16.4. The summed E-state index contributed by atoms with van der Waals surface area (Å²) in [7, 11) is 0. The van der Waals surface area contributed by atoms with E-state index < -0.39 is 5.66 Å². The van der Waals surface area contributed by atoms with Crippen LogP contribution in [0.3, 0.4) is 0 Å². The Morgan fingerprint density at radius 3 is 2.09 bits per heavy atom. The summed E-state index contributed by atoms with van der Waals surface area (Å²) >= 11 is 0. The molecule has 1 fully saturated rings. The van der Waals surface area contributed by atoms with E-state index in [1.807, 2.05) is 18.2 Å². The highest BCUT2D eigenvalue weighted by atomic mass is 16.3. The molecule has 0 amide bonds. The number of rotatable bonds is 2. The largest absolute Gasteiger partial charge is 0.507 e. The van der Waals surface area contributed by atoms with Crippen LogP contribution < -0.4 is 10.7 Å². The Labute approximate surface area is 189 Å². The summed E-state index contributed by atoms with van der Waals surface area (Å²) in [6.07, 6.45) is 1.50. The molecule has 2 aliphatic heterocycles. The third-order valence-corrected chi connectivity index (χ3v) is 6.84. The molecule has 2 heterocycles. The number of phenolic OH excluding ortho intramolecular Hbond substituents is 4. The van der Waals surface area contributed by atoms with Gasteiger partial charge < -0.3 is 20.4 Å². The molecule has 0 radical (unpaired) electrons. The SMILES string of the molecule is Oc1ccc(O)c2c(O)c3c4c(ccc3c(O)c12)=NC1(CCN(Cc2ccccc2)CC1)N=4. The van der Waals surface area contributed by atoms with E-state index in [0.29, 0.717) is 21.5 Å². The third kappa shape index (κ3) is 3.00. The molecule has 33 heavy (non-hydrogen) atoms. The van der Waals surface area contributed by atoms with Gasteiger partial charge in [-0.2, -0.15) is 0 Å². The number of hydrogen-bond acceptors (Lipinski definition) is 7. The maximum Gasteiger partial charge on any atom is 0.154 e. The van der Waals surface area contributed by atoms with Crippen molar-refractivity contribution in [3.05, 3.63) is 70.9 Å². The highest BCUT2D eigenvalue weighted by Crippen LogP contribution is 2.47. The second-order valence-electron chi connectivity index (χ2n) is 8.87. The van der Waals surface area contributed by atoms with Crippen LogP contribution in [0.5, 0.6) is 23.0 Å². The monoisotopic (exact) mass is 441 g/mol. The molecule has 4 N–H and O–H groups in total. The zero-order valence-corrected chi connectivity index (χ0v) is 17.9. The molecule has 0 atom stereocenters. The molecule has 0 bridgehead atoms. The van der Waals surface area contributed by atoms with Gasteiger partial charge in [0.1, 0.15) is 23.0 Å². The summed E-state index contributed by atoms with van der Waals surface area (Å²) in [4.78, 5) is 12.3. The molecule has 1 saturated heterocycles. The van der Waals surface area contributed by atoms with Gasteiger partial charge in [0.25, 0.3) is 0 Å². The fourth-order valence-corrected chi connectivity index (χ4v) is 5.13. The van der Waals surface area contributed by atoms with Gasteiger partial charge in [-0.25, -0.2) is 0 Å². The summed E-state index contributed by atoms with van der Waals surface area (Å²) in [6.45, 7) is 2.58. The maximum absolute atomic E-state index is 11.1. The molecular formula is C26H23N3O4. The summed E-state index contributed by atoms with van der Waals surface area (Å²) < 4.78 is 0. The molecule has 7 nitrogen and oxygen atoms in total. The van der Waals surface area contributed by atoms with Gasteiger partial charge in [-0.15, -0.1) is 0 Å². The van der Waals surface area contributed by atoms with Gasteiger partial charge in [-0.1, -0.05) is 30.3 Å². The first kappa shape index (κ1) is 19.8. The van der Waals surface area contributed by atoms with Crippen LogP contribution in [0.25, 0.3) is 21.5 Å². The van der Waals surface area contributed by atoms with Crippen molar-refractivity contribution in [1.82, 2.24) is 4.90 Å². The van der Waals surface area contributed by atoms with Gasteiger partial charge in [0.15, 0.2) is 5.66 Å². The van der Waals surface area contributed by atoms with Crippen LogP contribution in [-0.4, -0.2) is 44.1 Å². The molecule has 7 heteroatoms. The zero-order chi connectivity index (χ0) is 22.7. The van der Waals surface area contributed by atoms with Gasteiger partial charge in [-0.3, -0.25) is 14.9 Å². The Balaban J connectivity index is 1.44. The lowest BCUT2D eigenvalue weighted by Crippen LogP contribution is -2.41. The standard InChI is InChI=1S/C26H23N3O4/c30-18-8-9-19(31)22-21(18)24(32)16-6-7-17-23(20(16)25(22)33)28-26(27-17)10-12-29(13-11-26)14-15-4-2-1-3-5-15/h1-9,30-33H,10-14H2. The van der Waals surface area contributed by atoms with E-state index in [4.69, 9.17) is 9.98 Å². The summed E-state index contributed by atoms with van der Waals surface area (Å²) in [5, 5.41) is 44.5. The summed E-state index contributed by atoms with van der Waals surface area (Å²) in [5.41, 5.74) is 0.681. The molecule has 166 valence electrons. The van der Waals surface area contributed by atoms with E-state index in [2.05, 4.69) is 17.0 Å². The van der Waals surface area contributed by atoms with Crippen LogP contribution in [0.1, 0.15) is 18.4 Å². The van der Waals surface area contributed by atoms with Crippen LogP contribution in [0.15, 0.2) is 64.6 Å². The van der Waals surface area contributed by atoms with Crippen LogP contribution >= 0.6 is 0 Å². The Hall–Kier alpha value is -3.84. The van der Waals surface area contributed by atoms with E-state index in [1.165, 1.54) is 17.7 Å². The Morgan fingerprint density at radius 2 is 1.39 bits per heavy atom. The van der Waals surface area contributed by atoms with E-state index >= 15 is 0 Å². The predicted molar refractivity (Wildman–Crippen MR) is 124 cm³/mol. The van der Waals surface area contributed by atoms with Crippen molar-refractivity contribution in [2.75, 3.05) is 13.1 Å². The van der Waals surface area contributed by atoms with Crippen LogP contribution in [0, 0.1) is 0 Å². The molecule has 1 spiro atoms. The molecule has 0 aromatic heterocycles. The number of aromatic hydroxyl groups is 4. The molecule has 0 aliphatic carbocycles. The van der Waals surface area contributed by atoms with Gasteiger partial charge in [0.05, 0.1) is 26.9 Å². The minimum atomic E-state index is -0.596. The van der Waals surface area contributed by atoms with Crippen LogP contribution in [-0.2, 0) is 6.54 Å². The zero-order valence-electron chi connectivity index (χ0n) is 17.9. The fraction of sp³-hybridized carbons (Fsp3) is 0.231. The van der Waals surface area contributed by atoms with E-state index in [9.17, 15) is 20.4 Å². The molecule has 0 unspecified atom stereocenters. The lowest BCUT2D eigenvalue weighted by molar-refractivity contribution is 0.160. The molecule has 4 aromatic carbocycles. The first-order valence-corrected chi connectivity index (χ1v) is 11.0. The fourth-order valence-electron chi connectivity index (χ4n) is 5.13. The van der Waals surface area contributed by atoms with Crippen molar-refractivity contribution in [1.29, 1.82) is 0 Å². The number of nitrogens with zero attached hydrogens (tertiary/aromatic N) is 3. The average Bonchev–Trinajstić information content (AvgIpc) is 3.18. The van der Waals surface area contributed by atoms with Crippen molar-refractivity contribution in [2.24, 2.45) is 9.98 Å². The van der Waals surface area contributed by atoms with E-state index in [1.54, 1.807) is 12.1 Å². The number of phenols is 4. The highest BCUT2D eigenvalue weighted by molar-refractivity contribution is 6.14. The minimum Gasteiger partial charge on any atom is -0.507 e. The minimum absolute atomic E-state index is 0.00207. The first-order chi connectivity index (χ1) is 16.0. The van der Waals surface area contributed by atoms with Crippen molar-refractivity contribution in [3.8, 4) is 23.0 Å². The quantitative estimate of drug-likeness (QED) is 0.282. The molecule has 0 saturated carbocycles. The van der Waals surface area contributed by atoms with Gasteiger partial charge in [0.2, 0.25) is 0 Å². The highest BCUT2D eigenvalue weighted by Gasteiger charge is 2.36. The lowest BCUT2D eigenvalue weighted by atomic mass is 9.97. The van der Waals surface area contributed by atoms with Gasteiger partial charge >= 0.3 is 0 Å². The van der Waals surface area contributed by atoms with E-state index in [0.717, 1.165) is 32.5 Å². The van der Waals surface area contributed by atoms with Crippen molar-refractivity contribution >= 4 is 21.5 Å². The van der Waals surface area contributed by atoms with Crippen LogP contribution in [0.4, 0.5) is 0 Å². The third-order valence-electron chi connectivity index (χ3n) is 6.84. The Morgan fingerprint density at radius 1 is 0.727 bits per heavy atom. The topological polar surface area (TPSA) is 109 Å². The second kappa shape index (κ2) is 7.08. The average molecular weight is 441 g/mol. The first-order valence-electron chi connectivity index (χ1n) is 11.0. The molecule has 2 aliphatic rings.